The van der Waals surface area contributed by atoms with E-state index < -0.39 is 77.7 Å². The van der Waals surface area contributed by atoms with Crippen LogP contribution in [0.2, 0.25) is 0 Å². The molecule has 0 aromatic carbocycles. The van der Waals surface area contributed by atoms with Crippen LogP contribution in [0.3, 0.4) is 0 Å². The Labute approximate surface area is 167 Å². The number of ether oxygens (including phenoxy) is 3. The largest absolute Gasteiger partial charge is 0.457 e. The van der Waals surface area contributed by atoms with Crippen LogP contribution < -0.4 is 0 Å². The van der Waals surface area contributed by atoms with Crippen molar-refractivity contribution in [2.75, 3.05) is 0 Å². The van der Waals surface area contributed by atoms with E-state index in [9.17, 15) is 40.7 Å². The fourth-order valence-electron chi connectivity index (χ4n) is 4.48. The Morgan fingerprint density at radius 3 is 2.33 bits per heavy atom. The number of fused-ring (bicyclic) bond motifs is 1. The van der Waals surface area contributed by atoms with E-state index in [-0.39, 0.29) is 12.8 Å². The highest BCUT2D eigenvalue weighted by Crippen LogP contribution is 2.63. The number of rotatable bonds is 5. The zero-order valence-electron chi connectivity index (χ0n) is 16.2. The molecule has 0 aromatic heterocycles. The van der Waals surface area contributed by atoms with Gasteiger partial charge in [-0.25, -0.2) is 0 Å². The van der Waals surface area contributed by atoms with E-state index in [1.165, 1.54) is 6.92 Å². The van der Waals surface area contributed by atoms with Crippen LogP contribution in [0.15, 0.2) is 0 Å². The number of hydrogen-bond donors (Lipinski definition) is 0. The molecule has 0 aromatic rings. The topological polar surface area (TPSA) is 78.9 Å². The van der Waals surface area contributed by atoms with Crippen LogP contribution in [0.25, 0.3) is 0 Å². The molecule has 2 bridgehead atoms. The number of alkyl halides is 6. The van der Waals surface area contributed by atoms with Crippen molar-refractivity contribution >= 4 is 17.9 Å². The second-order valence-electron chi connectivity index (χ2n) is 8.29. The van der Waals surface area contributed by atoms with Crippen molar-refractivity contribution in [2.45, 2.75) is 70.7 Å². The Hall–Kier alpha value is -2.01. The molecule has 170 valence electrons. The smallest absolute Gasteiger partial charge is 0.425 e. The highest BCUT2D eigenvalue weighted by molar-refractivity contribution is 6.03. The van der Waals surface area contributed by atoms with Gasteiger partial charge in [0.25, 0.3) is 0 Å². The first-order valence-corrected chi connectivity index (χ1v) is 9.36. The molecule has 30 heavy (non-hydrogen) atoms. The lowest BCUT2D eigenvalue weighted by Gasteiger charge is -2.34. The minimum Gasteiger partial charge on any atom is -0.457 e. The molecule has 2 saturated carbocycles. The van der Waals surface area contributed by atoms with E-state index >= 15 is 0 Å². The maximum Gasteiger partial charge on any atom is 0.425 e. The van der Waals surface area contributed by atoms with Crippen LogP contribution >= 0.6 is 0 Å². The fourth-order valence-corrected chi connectivity index (χ4v) is 4.48. The molecule has 0 N–H and O–H groups in total. The van der Waals surface area contributed by atoms with Crippen LogP contribution in [-0.4, -0.2) is 48.6 Å². The SMILES string of the molecule is CCC(C)(C(=O)OC1C2CC3C1OC(=O)C3(C(=O)OC(C)C(F)(F)F)C2)C(F)(F)F. The second kappa shape index (κ2) is 6.74. The Balaban J connectivity index is 1.78. The standard InChI is InChI=1S/C18H20F6O6/c1-4-15(3,18(22,23)24)12(25)29-10-8-5-9-11(10)30-14(27)16(9,6-8)13(26)28-7(2)17(19,20)21/h7-11H,4-6H2,1-3H3. The van der Waals surface area contributed by atoms with Crippen molar-refractivity contribution in [1.29, 1.82) is 0 Å². The zero-order chi connectivity index (χ0) is 22.9. The highest BCUT2D eigenvalue weighted by Gasteiger charge is 2.76. The summed E-state index contributed by atoms with van der Waals surface area (Å²) in [4.78, 5) is 37.2. The summed E-state index contributed by atoms with van der Waals surface area (Å²) in [5.74, 6) is -5.66. The van der Waals surface area contributed by atoms with Crippen LogP contribution in [0, 0.1) is 22.7 Å². The number of carbonyl (C=O) groups excluding carboxylic acids is 3. The predicted octanol–water partition coefficient (Wildman–Crippen LogP) is 3.32. The number of halogens is 6. The van der Waals surface area contributed by atoms with Crippen molar-refractivity contribution in [3.8, 4) is 0 Å². The lowest BCUT2D eigenvalue weighted by Crippen LogP contribution is -2.49. The zero-order valence-corrected chi connectivity index (χ0v) is 16.2. The highest BCUT2D eigenvalue weighted by atomic mass is 19.4. The van der Waals surface area contributed by atoms with Crippen LogP contribution in [0.5, 0.6) is 0 Å². The molecule has 0 radical (unpaired) electrons. The van der Waals surface area contributed by atoms with Gasteiger partial charge in [0.1, 0.15) is 12.2 Å². The van der Waals surface area contributed by atoms with E-state index in [0.717, 1.165) is 0 Å². The van der Waals surface area contributed by atoms with E-state index in [4.69, 9.17) is 9.47 Å². The average Bonchev–Trinajstić information content (AvgIpc) is 3.21. The van der Waals surface area contributed by atoms with Crippen molar-refractivity contribution in [3.63, 3.8) is 0 Å². The van der Waals surface area contributed by atoms with Crippen molar-refractivity contribution in [3.05, 3.63) is 0 Å². The van der Waals surface area contributed by atoms with Gasteiger partial charge in [-0.05, 0) is 33.1 Å². The maximum atomic E-state index is 13.3. The van der Waals surface area contributed by atoms with Gasteiger partial charge in [0.05, 0.1) is 0 Å². The summed E-state index contributed by atoms with van der Waals surface area (Å²) in [6.45, 7) is 2.49. The summed E-state index contributed by atoms with van der Waals surface area (Å²) >= 11 is 0. The second-order valence-corrected chi connectivity index (χ2v) is 8.29. The maximum absolute atomic E-state index is 13.3. The molecule has 1 saturated heterocycles. The molecule has 3 rings (SSSR count). The molecule has 0 spiro atoms. The monoisotopic (exact) mass is 446 g/mol. The fraction of sp³-hybridized carbons (Fsp3) is 0.833. The first-order chi connectivity index (χ1) is 13.6. The third-order valence-electron chi connectivity index (χ3n) is 6.70. The van der Waals surface area contributed by atoms with E-state index in [1.54, 1.807) is 0 Å². The molecule has 2 aliphatic carbocycles. The van der Waals surface area contributed by atoms with Crippen molar-refractivity contribution in [1.82, 2.24) is 0 Å². The summed E-state index contributed by atoms with van der Waals surface area (Å²) in [5, 5.41) is 0. The van der Waals surface area contributed by atoms with Gasteiger partial charge in [0, 0.05) is 11.8 Å². The van der Waals surface area contributed by atoms with Gasteiger partial charge in [0.2, 0.25) is 0 Å². The molecule has 3 fully saturated rings. The van der Waals surface area contributed by atoms with E-state index in [1.807, 2.05) is 0 Å². The molecular formula is C18H20F6O6. The lowest BCUT2D eigenvalue weighted by atomic mass is 9.73. The third-order valence-corrected chi connectivity index (χ3v) is 6.70. The first kappa shape index (κ1) is 22.7. The normalized spacial score (nSPS) is 35.6. The molecule has 0 amide bonds. The van der Waals surface area contributed by atoms with Crippen molar-refractivity contribution < 1.29 is 54.9 Å². The van der Waals surface area contributed by atoms with Gasteiger partial charge in [-0.15, -0.1) is 0 Å². The molecule has 1 heterocycles. The third kappa shape index (κ3) is 3.05. The Morgan fingerprint density at radius 2 is 1.83 bits per heavy atom. The lowest BCUT2D eigenvalue weighted by molar-refractivity contribution is -0.236. The van der Waals surface area contributed by atoms with Crippen molar-refractivity contribution in [2.24, 2.45) is 22.7 Å². The Kier molecular flexibility index (Phi) is 5.10. The molecule has 6 nitrogen and oxygen atoms in total. The van der Waals surface area contributed by atoms with Crippen LogP contribution in [0.1, 0.15) is 40.0 Å². The summed E-state index contributed by atoms with van der Waals surface area (Å²) in [6, 6.07) is 0. The first-order valence-electron chi connectivity index (χ1n) is 9.36. The van der Waals surface area contributed by atoms with E-state index in [0.29, 0.717) is 13.8 Å². The van der Waals surface area contributed by atoms with Gasteiger partial charge in [-0.3, -0.25) is 14.4 Å². The van der Waals surface area contributed by atoms with Crippen LogP contribution in [-0.2, 0) is 28.6 Å². The van der Waals surface area contributed by atoms with Gasteiger partial charge in [-0.2, -0.15) is 26.3 Å². The minimum absolute atomic E-state index is 0.0821. The van der Waals surface area contributed by atoms with Gasteiger partial charge < -0.3 is 14.2 Å². The molecule has 7 unspecified atom stereocenters. The number of hydrogen-bond acceptors (Lipinski definition) is 6. The number of esters is 3. The molecule has 1 aliphatic heterocycles. The number of carbonyl (C=O) groups is 3. The molecule has 7 atom stereocenters. The van der Waals surface area contributed by atoms with Gasteiger partial charge in [0.15, 0.2) is 16.9 Å². The Bertz CT molecular complexity index is 763. The average molecular weight is 446 g/mol. The Morgan fingerprint density at radius 1 is 1.23 bits per heavy atom. The predicted molar refractivity (Wildman–Crippen MR) is 84.5 cm³/mol. The summed E-state index contributed by atoms with van der Waals surface area (Å²) < 4.78 is 92.8. The molecular weight excluding hydrogens is 426 g/mol. The van der Waals surface area contributed by atoms with Gasteiger partial charge >= 0.3 is 30.3 Å². The minimum atomic E-state index is -4.87. The van der Waals surface area contributed by atoms with Crippen LogP contribution in [0.4, 0.5) is 26.3 Å². The summed E-state index contributed by atoms with van der Waals surface area (Å²) in [5.41, 5.74) is -4.73. The van der Waals surface area contributed by atoms with E-state index in [2.05, 4.69) is 4.74 Å². The van der Waals surface area contributed by atoms with Gasteiger partial charge in [-0.1, -0.05) is 6.92 Å². The quantitative estimate of drug-likeness (QED) is 0.279. The summed E-state index contributed by atoms with van der Waals surface area (Å²) in [7, 11) is 0. The molecule has 3 aliphatic rings. The molecule has 12 heteroatoms. The summed E-state index contributed by atoms with van der Waals surface area (Å²) in [6.07, 6.45) is -15.4.